The number of phosphoric acid groups is 1. The van der Waals surface area contributed by atoms with Crippen LogP contribution in [0.15, 0.2) is 57.9 Å². The van der Waals surface area contributed by atoms with Crippen LogP contribution in [0.2, 0.25) is 0 Å². The average Bonchev–Trinajstić information content (AvgIpc) is 3.16. The van der Waals surface area contributed by atoms with Gasteiger partial charge in [-0.3, -0.25) is 4.79 Å². The van der Waals surface area contributed by atoms with E-state index in [4.69, 9.17) is 4.42 Å². The van der Waals surface area contributed by atoms with Crippen molar-refractivity contribution in [3.8, 4) is 0 Å². The molecule has 4 aromatic rings. The Morgan fingerprint density at radius 3 is 2.48 bits per heavy atom. The van der Waals surface area contributed by atoms with Gasteiger partial charge in [0.15, 0.2) is 5.58 Å². The molecule has 0 radical (unpaired) electrons. The number of aromatic nitrogens is 3. The number of rotatable bonds is 9. The summed E-state index contributed by atoms with van der Waals surface area (Å²) in [6, 6.07) is 11.9. The first kappa shape index (κ1) is 32.5. The monoisotopic (exact) mass is 584 g/mol. The Morgan fingerprint density at radius 1 is 1.12 bits per heavy atom. The molecule has 2 aromatic carbocycles. The molecule has 2 aromatic heterocycles. The summed E-state index contributed by atoms with van der Waals surface area (Å²) in [5, 5.41) is 9.24. The van der Waals surface area contributed by atoms with E-state index < -0.39 is 20.3 Å². The molecule has 1 saturated carbocycles. The molecule has 40 heavy (non-hydrogen) atoms. The van der Waals surface area contributed by atoms with Gasteiger partial charge in [-0.2, -0.15) is 4.98 Å². The van der Waals surface area contributed by atoms with E-state index in [9.17, 15) is 23.9 Å². The minimum atomic E-state index is -5.29. The molecule has 0 atom stereocenters. The average molecular weight is 584 g/mol. The van der Waals surface area contributed by atoms with Gasteiger partial charge >= 0.3 is 64.9 Å². The maximum atomic E-state index is 12.3. The predicted molar refractivity (Wildman–Crippen MR) is 134 cm³/mol. The number of carbonyl (C=O) groups excluding carboxylic acids is 1. The topological polar surface area (TPSA) is 187 Å². The largest absolute Gasteiger partial charge is 1.00 e. The van der Waals surface area contributed by atoms with E-state index in [0.717, 1.165) is 29.4 Å². The summed E-state index contributed by atoms with van der Waals surface area (Å²) in [6.07, 6.45) is 4.80. The zero-order valence-electron chi connectivity index (χ0n) is 22.2. The summed E-state index contributed by atoms with van der Waals surface area (Å²) in [5.74, 6) is -0.195. The molecule has 13 nitrogen and oxygen atoms in total. The fraction of sp³-hybridized carbons (Fsp3) is 0.250. The molecular formula is C24H23N6Na2O7P. The van der Waals surface area contributed by atoms with E-state index >= 15 is 0 Å². The van der Waals surface area contributed by atoms with Gasteiger partial charge in [-0.15, -0.1) is 0 Å². The van der Waals surface area contributed by atoms with Crippen molar-refractivity contribution in [3.63, 3.8) is 0 Å². The number of hydrogen-bond donors (Lipinski definition) is 3. The molecule has 198 valence electrons. The van der Waals surface area contributed by atoms with E-state index in [1.165, 1.54) is 12.1 Å². The number of aryl methyl sites for hydroxylation is 1. The van der Waals surface area contributed by atoms with Crippen LogP contribution in [0, 0.1) is 6.92 Å². The molecule has 0 spiro atoms. The Hall–Kier alpha value is -2.03. The van der Waals surface area contributed by atoms with Crippen molar-refractivity contribution >= 4 is 48.0 Å². The van der Waals surface area contributed by atoms with Crippen molar-refractivity contribution < 1.29 is 87.2 Å². The standard InChI is InChI=1S/C24H25N6O7P.2Na/c1-14-12-25-23(28-17-7-5-15(6-8-17)22(31)27-16-3-2-4-16)29-21(14)26-18-9-10-20-19(11-18)30(24(32)37-20)13-36-38(33,34)35;;/h5-12,16H,2-4,13H2,1H3,(H,27,31)(H2,33,34,35)(H2,25,26,28,29);;/q;2*+1/p-2. The number of fused-ring (bicyclic) bond motifs is 1. The zero-order chi connectivity index (χ0) is 26.9. The molecule has 5 rings (SSSR count). The molecule has 16 heteroatoms. The number of carbonyl (C=O) groups is 1. The molecule has 1 fully saturated rings. The molecule has 2 heterocycles. The molecule has 0 saturated heterocycles. The number of benzene rings is 2. The van der Waals surface area contributed by atoms with Crippen LogP contribution in [0.25, 0.3) is 11.1 Å². The molecular weight excluding hydrogens is 561 g/mol. The normalized spacial score (nSPS) is 13.1. The summed E-state index contributed by atoms with van der Waals surface area (Å²) >= 11 is 0. The minimum absolute atomic E-state index is 0. The van der Waals surface area contributed by atoms with Crippen molar-refractivity contribution in [1.82, 2.24) is 19.9 Å². The number of nitrogens with zero attached hydrogens (tertiary/aromatic N) is 3. The number of anilines is 4. The van der Waals surface area contributed by atoms with Crippen molar-refractivity contribution in [2.24, 2.45) is 0 Å². The molecule has 1 amide bonds. The second-order valence-corrected chi connectivity index (χ2v) is 9.99. The first-order valence-corrected chi connectivity index (χ1v) is 13.2. The van der Waals surface area contributed by atoms with Crippen molar-refractivity contribution in [3.05, 3.63) is 70.3 Å². The van der Waals surface area contributed by atoms with E-state index in [0.29, 0.717) is 28.7 Å². The van der Waals surface area contributed by atoms with Gasteiger partial charge < -0.3 is 39.2 Å². The van der Waals surface area contributed by atoms with Crippen LogP contribution in [0.5, 0.6) is 0 Å². The van der Waals surface area contributed by atoms with Crippen LogP contribution in [-0.2, 0) is 15.8 Å². The van der Waals surface area contributed by atoms with E-state index in [1.807, 2.05) is 6.92 Å². The zero-order valence-corrected chi connectivity index (χ0v) is 27.1. The van der Waals surface area contributed by atoms with Gasteiger partial charge in [-0.25, -0.2) is 14.3 Å². The minimum Gasteiger partial charge on any atom is -0.790 e. The maximum Gasteiger partial charge on any atom is 1.00 e. The first-order chi connectivity index (χ1) is 18.1. The number of oxazole rings is 1. The Balaban J connectivity index is 0.00000220. The van der Waals surface area contributed by atoms with Gasteiger partial charge in [0.2, 0.25) is 5.95 Å². The summed E-state index contributed by atoms with van der Waals surface area (Å²) in [5.41, 5.74) is 2.90. The molecule has 3 N–H and O–H groups in total. The van der Waals surface area contributed by atoms with Gasteiger partial charge in [0.1, 0.15) is 12.5 Å². The van der Waals surface area contributed by atoms with E-state index in [2.05, 4.69) is 30.4 Å². The Labute approximate surface area is 272 Å². The quantitative estimate of drug-likeness (QED) is 0.130. The van der Waals surface area contributed by atoms with Crippen LogP contribution in [0.4, 0.5) is 23.1 Å². The van der Waals surface area contributed by atoms with Gasteiger partial charge in [0.05, 0.1) is 13.3 Å². The number of phosphoric ester groups is 1. The number of hydrogen-bond acceptors (Lipinski definition) is 11. The number of nitrogens with one attached hydrogen (secondary N) is 3. The van der Waals surface area contributed by atoms with E-state index in [-0.39, 0.29) is 82.2 Å². The summed E-state index contributed by atoms with van der Waals surface area (Å²) in [7, 11) is -5.29. The summed E-state index contributed by atoms with van der Waals surface area (Å²) < 4.78 is 21.0. The maximum absolute atomic E-state index is 12.3. The Kier molecular flexibility index (Phi) is 11.2. The first-order valence-electron chi connectivity index (χ1n) is 11.7. The SMILES string of the molecule is Cc1cnc(Nc2ccc(C(=O)NC3CCC3)cc2)nc1Nc1ccc2oc(=O)n(COP(=O)([O-])[O-])c2c1.[Na+].[Na+]. The number of amides is 1. The van der Waals surface area contributed by atoms with Crippen molar-refractivity contribution in [2.45, 2.75) is 39.0 Å². The predicted octanol–water partition coefficient (Wildman–Crippen LogP) is -3.73. The van der Waals surface area contributed by atoms with Gasteiger partial charge in [-0.1, -0.05) is 0 Å². The molecule has 1 aliphatic carbocycles. The third kappa shape index (κ3) is 8.04. The summed E-state index contributed by atoms with van der Waals surface area (Å²) in [4.78, 5) is 54.9. The Morgan fingerprint density at radius 2 is 1.82 bits per heavy atom. The smallest absolute Gasteiger partial charge is 0.790 e. The molecule has 0 unspecified atom stereocenters. The summed E-state index contributed by atoms with van der Waals surface area (Å²) in [6.45, 7) is 1.00. The van der Waals surface area contributed by atoms with Crippen LogP contribution < -0.4 is 90.6 Å². The molecule has 1 aliphatic rings. The molecule has 0 aliphatic heterocycles. The van der Waals surface area contributed by atoms with Gasteiger partial charge in [-0.05, 0) is 68.7 Å². The Bertz CT molecular complexity index is 1600. The van der Waals surface area contributed by atoms with Gasteiger partial charge in [0, 0.05) is 34.7 Å². The fourth-order valence-electron chi connectivity index (χ4n) is 3.81. The second kappa shape index (κ2) is 13.8. The third-order valence-electron chi connectivity index (χ3n) is 6.09. The third-order valence-corrected chi connectivity index (χ3v) is 6.52. The van der Waals surface area contributed by atoms with Crippen LogP contribution in [0.3, 0.4) is 0 Å². The van der Waals surface area contributed by atoms with E-state index in [1.54, 1.807) is 36.5 Å². The van der Waals surface area contributed by atoms with Crippen molar-refractivity contribution in [2.75, 3.05) is 10.6 Å². The second-order valence-electron chi connectivity index (χ2n) is 8.84. The van der Waals surface area contributed by atoms with Crippen LogP contribution in [-0.4, -0.2) is 26.5 Å². The van der Waals surface area contributed by atoms with Gasteiger partial charge in [0.25, 0.3) is 5.91 Å². The fourth-order valence-corrected chi connectivity index (χ4v) is 4.07. The molecule has 0 bridgehead atoms. The van der Waals surface area contributed by atoms with Crippen LogP contribution in [0.1, 0.15) is 35.2 Å². The van der Waals surface area contributed by atoms with Crippen molar-refractivity contribution in [1.29, 1.82) is 0 Å². The van der Waals surface area contributed by atoms with Crippen LogP contribution >= 0.6 is 7.82 Å².